The van der Waals surface area contributed by atoms with E-state index in [-0.39, 0.29) is 12.1 Å². The van der Waals surface area contributed by atoms with E-state index in [9.17, 15) is 5.11 Å². The predicted molar refractivity (Wildman–Crippen MR) is 131 cm³/mol. The molecule has 2 aromatic carbocycles. The molecule has 0 amide bonds. The Hall–Kier alpha value is -2.08. The van der Waals surface area contributed by atoms with Gasteiger partial charge in [0, 0.05) is 23.2 Å². The SMILES string of the molecule is OC(NC1c2ccccc2Oc2cc(OCC3CCCCCCCC3)ccc21)C1CCCN1. The maximum Gasteiger partial charge on any atom is 0.136 e. The zero-order valence-electron chi connectivity index (χ0n) is 19.6. The minimum absolute atomic E-state index is 0.0824. The second-order valence-corrected chi connectivity index (χ2v) is 9.96. The van der Waals surface area contributed by atoms with Gasteiger partial charge in [-0.2, -0.15) is 0 Å². The van der Waals surface area contributed by atoms with Crippen molar-refractivity contribution in [3.63, 3.8) is 0 Å². The molecule has 2 aromatic rings. The number of nitrogens with one attached hydrogen (secondary N) is 2. The van der Waals surface area contributed by atoms with Crippen molar-refractivity contribution in [2.75, 3.05) is 13.2 Å². The molecular weight excluding hydrogens is 412 g/mol. The summed E-state index contributed by atoms with van der Waals surface area (Å²) in [6.45, 7) is 1.75. The smallest absolute Gasteiger partial charge is 0.136 e. The van der Waals surface area contributed by atoms with E-state index in [1.54, 1.807) is 0 Å². The summed E-state index contributed by atoms with van der Waals surface area (Å²) in [5.74, 6) is 3.15. The molecule has 1 saturated carbocycles. The molecule has 5 rings (SSSR count). The Balaban J connectivity index is 1.31. The van der Waals surface area contributed by atoms with E-state index < -0.39 is 6.23 Å². The van der Waals surface area contributed by atoms with Crippen LogP contribution in [0, 0.1) is 5.92 Å². The number of fused-ring (bicyclic) bond motifs is 2. The summed E-state index contributed by atoms with van der Waals surface area (Å²) in [5.41, 5.74) is 2.10. The molecule has 0 spiro atoms. The summed E-state index contributed by atoms with van der Waals surface area (Å²) in [7, 11) is 0. The molecule has 2 fully saturated rings. The number of hydrogen-bond donors (Lipinski definition) is 3. The molecule has 3 aliphatic rings. The quantitative estimate of drug-likeness (QED) is 0.495. The Kier molecular flexibility index (Phi) is 7.50. The number of aliphatic hydroxyl groups is 1. The lowest BCUT2D eigenvalue weighted by Gasteiger charge is -2.32. The number of rotatable bonds is 6. The van der Waals surface area contributed by atoms with Gasteiger partial charge in [-0.1, -0.05) is 56.7 Å². The van der Waals surface area contributed by atoms with E-state index in [1.165, 1.54) is 51.4 Å². The molecule has 3 N–H and O–H groups in total. The van der Waals surface area contributed by atoms with Crippen molar-refractivity contribution in [1.82, 2.24) is 10.6 Å². The summed E-state index contributed by atoms with van der Waals surface area (Å²) >= 11 is 0. The van der Waals surface area contributed by atoms with Crippen LogP contribution in [0.1, 0.15) is 81.4 Å². The third-order valence-electron chi connectivity index (χ3n) is 7.52. The van der Waals surface area contributed by atoms with E-state index >= 15 is 0 Å². The lowest BCUT2D eigenvalue weighted by Crippen LogP contribution is -2.46. The van der Waals surface area contributed by atoms with Crippen LogP contribution in [0.3, 0.4) is 0 Å². The van der Waals surface area contributed by atoms with E-state index in [4.69, 9.17) is 9.47 Å². The van der Waals surface area contributed by atoms with Crippen LogP contribution in [0.2, 0.25) is 0 Å². The summed E-state index contributed by atoms with van der Waals surface area (Å²) in [4.78, 5) is 0. The molecule has 5 nitrogen and oxygen atoms in total. The molecule has 2 aliphatic heterocycles. The van der Waals surface area contributed by atoms with Crippen LogP contribution in [0.4, 0.5) is 0 Å². The van der Waals surface area contributed by atoms with Gasteiger partial charge in [0.1, 0.15) is 23.5 Å². The first kappa shape index (κ1) is 22.7. The van der Waals surface area contributed by atoms with E-state index in [0.29, 0.717) is 5.92 Å². The zero-order valence-corrected chi connectivity index (χ0v) is 19.6. The van der Waals surface area contributed by atoms with Crippen LogP contribution in [-0.4, -0.2) is 30.5 Å². The van der Waals surface area contributed by atoms with Gasteiger partial charge in [0.15, 0.2) is 0 Å². The molecular formula is C28H38N2O3. The van der Waals surface area contributed by atoms with Crippen LogP contribution < -0.4 is 20.1 Å². The van der Waals surface area contributed by atoms with Gasteiger partial charge < -0.3 is 19.9 Å². The van der Waals surface area contributed by atoms with Gasteiger partial charge in [0.25, 0.3) is 0 Å². The highest BCUT2D eigenvalue weighted by Crippen LogP contribution is 2.44. The van der Waals surface area contributed by atoms with Crippen molar-refractivity contribution in [3.8, 4) is 17.2 Å². The van der Waals surface area contributed by atoms with Crippen molar-refractivity contribution in [1.29, 1.82) is 0 Å². The lowest BCUT2D eigenvalue weighted by molar-refractivity contribution is 0.0914. The molecule has 3 unspecified atom stereocenters. The summed E-state index contributed by atoms with van der Waals surface area (Å²) in [6, 6.07) is 14.2. The lowest BCUT2D eigenvalue weighted by atomic mass is 9.93. The highest BCUT2D eigenvalue weighted by molar-refractivity contribution is 5.55. The average Bonchev–Trinajstić information content (AvgIpc) is 3.41. The maximum absolute atomic E-state index is 10.9. The topological polar surface area (TPSA) is 62.8 Å². The summed E-state index contributed by atoms with van der Waals surface area (Å²) < 4.78 is 12.6. The third kappa shape index (κ3) is 5.53. The molecule has 0 aromatic heterocycles. The molecule has 178 valence electrons. The Morgan fingerprint density at radius 3 is 2.45 bits per heavy atom. The van der Waals surface area contributed by atoms with Gasteiger partial charge >= 0.3 is 0 Å². The summed E-state index contributed by atoms with van der Waals surface area (Å²) in [6.07, 6.45) is 12.2. The predicted octanol–water partition coefficient (Wildman–Crippen LogP) is 5.67. The fraction of sp³-hybridized carbons (Fsp3) is 0.571. The van der Waals surface area contributed by atoms with Crippen molar-refractivity contribution in [2.45, 2.75) is 82.5 Å². The Morgan fingerprint density at radius 1 is 0.909 bits per heavy atom. The fourth-order valence-corrected chi connectivity index (χ4v) is 5.57. The number of hydrogen-bond acceptors (Lipinski definition) is 5. The minimum Gasteiger partial charge on any atom is -0.493 e. The first-order chi connectivity index (χ1) is 16.3. The molecule has 1 saturated heterocycles. The van der Waals surface area contributed by atoms with Crippen molar-refractivity contribution < 1.29 is 14.6 Å². The maximum atomic E-state index is 10.9. The van der Waals surface area contributed by atoms with Crippen LogP contribution in [0.5, 0.6) is 17.2 Å². The molecule has 5 heteroatoms. The van der Waals surface area contributed by atoms with E-state index in [1.807, 2.05) is 24.3 Å². The van der Waals surface area contributed by atoms with Crippen LogP contribution in [0.25, 0.3) is 0 Å². The number of aliphatic hydroxyl groups excluding tert-OH is 1. The summed E-state index contributed by atoms with van der Waals surface area (Å²) in [5, 5.41) is 17.7. The Labute approximate surface area is 197 Å². The average molecular weight is 451 g/mol. The van der Waals surface area contributed by atoms with Crippen molar-refractivity contribution in [3.05, 3.63) is 53.6 Å². The zero-order chi connectivity index (χ0) is 22.5. The van der Waals surface area contributed by atoms with Crippen molar-refractivity contribution in [2.24, 2.45) is 5.92 Å². The molecule has 0 bridgehead atoms. The molecule has 1 aliphatic carbocycles. The van der Waals surface area contributed by atoms with Gasteiger partial charge in [-0.3, -0.25) is 5.32 Å². The molecule has 2 heterocycles. The van der Waals surface area contributed by atoms with Crippen molar-refractivity contribution >= 4 is 0 Å². The second kappa shape index (κ2) is 10.9. The highest BCUT2D eigenvalue weighted by Gasteiger charge is 2.32. The highest BCUT2D eigenvalue weighted by atomic mass is 16.5. The normalized spacial score (nSPS) is 24.5. The minimum atomic E-state index is -0.615. The standard InChI is InChI=1S/C28H38N2O3/c31-28(24-13-9-17-29-24)30-27-22-12-7-8-14-25(22)33-26-18-21(15-16-23(26)27)32-19-20-10-5-3-1-2-4-6-11-20/h7-8,12,14-16,18,20,24,27-31H,1-6,9-11,13,17,19H2. The molecule has 33 heavy (non-hydrogen) atoms. The van der Waals surface area contributed by atoms with E-state index in [0.717, 1.165) is 54.4 Å². The molecule has 0 radical (unpaired) electrons. The first-order valence-electron chi connectivity index (χ1n) is 13.0. The number of para-hydroxylation sites is 1. The van der Waals surface area contributed by atoms with Gasteiger partial charge in [0.05, 0.1) is 12.6 Å². The van der Waals surface area contributed by atoms with Crippen LogP contribution in [-0.2, 0) is 0 Å². The Bertz CT molecular complexity index is 902. The Morgan fingerprint density at radius 2 is 1.67 bits per heavy atom. The van der Waals surface area contributed by atoms with Gasteiger partial charge in [-0.25, -0.2) is 0 Å². The van der Waals surface area contributed by atoms with Gasteiger partial charge in [0.2, 0.25) is 0 Å². The number of benzene rings is 2. The van der Waals surface area contributed by atoms with E-state index in [2.05, 4.69) is 28.8 Å². The van der Waals surface area contributed by atoms with Crippen LogP contribution >= 0.6 is 0 Å². The largest absolute Gasteiger partial charge is 0.493 e. The first-order valence-corrected chi connectivity index (χ1v) is 13.0. The monoisotopic (exact) mass is 450 g/mol. The van der Waals surface area contributed by atoms with Gasteiger partial charge in [-0.15, -0.1) is 0 Å². The van der Waals surface area contributed by atoms with Gasteiger partial charge in [-0.05, 0) is 56.3 Å². The van der Waals surface area contributed by atoms with Crippen LogP contribution in [0.15, 0.2) is 42.5 Å². The molecule has 3 atom stereocenters. The second-order valence-electron chi connectivity index (χ2n) is 9.96. The third-order valence-corrected chi connectivity index (χ3v) is 7.52. The number of ether oxygens (including phenoxy) is 2. The fourth-order valence-electron chi connectivity index (χ4n) is 5.57.